The van der Waals surface area contributed by atoms with Gasteiger partial charge >= 0.3 is 11.6 Å². The highest BCUT2D eigenvalue weighted by Crippen LogP contribution is 2.21. The Morgan fingerprint density at radius 2 is 2.10 bits per heavy atom. The zero-order valence-corrected chi connectivity index (χ0v) is 12.1. The number of thioether (sulfide) groups is 1. The molecule has 0 fully saturated rings. The van der Waals surface area contributed by atoms with E-state index in [0.717, 1.165) is 5.56 Å². The second-order valence-corrected chi connectivity index (χ2v) is 5.49. The van der Waals surface area contributed by atoms with Crippen LogP contribution in [0.1, 0.15) is 5.56 Å². The van der Waals surface area contributed by atoms with E-state index in [9.17, 15) is 14.9 Å². The zero-order chi connectivity index (χ0) is 14.7. The Hall–Kier alpha value is -1.73. The molecule has 0 aromatic heterocycles. The Morgan fingerprint density at radius 1 is 1.45 bits per heavy atom. The third-order valence-corrected chi connectivity index (χ3v) is 3.86. The topological polar surface area (TPSA) is 75.5 Å². The fraction of sp³-hybridized carbons (Fsp3) is 0.250. The molecule has 6 nitrogen and oxygen atoms in total. The van der Waals surface area contributed by atoms with Crippen LogP contribution in [0.5, 0.6) is 0 Å². The first-order chi connectivity index (χ1) is 9.51. The highest BCUT2D eigenvalue weighted by Gasteiger charge is 2.33. The minimum absolute atomic E-state index is 0.332. The van der Waals surface area contributed by atoms with E-state index in [4.69, 9.17) is 11.6 Å². The van der Waals surface area contributed by atoms with Crippen molar-refractivity contribution >= 4 is 29.3 Å². The van der Waals surface area contributed by atoms with E-state index in [1.807, 2.05) is 18.4 Å². The molecule has 1 aliphatic heterocycles. The summed E-state index contributed by atoms with van der Waals surface area (Å²) in [5, 5.41) is 14.0. The molecule has 1 atom stereocenters. The lowest BCUT2D eigenvalue weighted by Crippen LogP contribution is -2.49. The van der Waals surface area contributed by atoms with E-state index in [1.165, 1.54) is 18.0 Å². The van der Waals surface area contributed by atoms with Gasteiger partial charge in [-0.2, -0.15) is 0 Å². The number of rotatable bonds is 4. The third kappa shape index (κ3) is 3.23. The molecule has 1 aromatic carbocycles. The van der Waals surface area contributed by atoms with E-state index < -0.39 is 16.5 Å². The molecular formula is C12H12ClN3O3S. The Balaban J connectivity index is 2.24. The molecule has 0 bridgehead atoms. The normalized spacial score (nSPS) is 18.5. The van der Waals surface area contributed by atoms with Gasteiger partial charge in [-0.15, -0.1) is 11.8 Å². The average molecular weight is 314 g/mol. The molecule has 2 rings (SSSR count). The van der Waals surface area contributed by atoms with Crippen molar-refractivity contribution in [1.82, 2.24) is 10.2 Å². The predicted octanol–water partition coefficient (Wildman–Crippen LogP) is 2.04. The van der Waals surface area contributed by atoms with E-state index in [0.29, 0.717) is 11.6 Å². The molecule has 106 valence electrons. The maximum absolute atomic E-state index is 11.6. The van der Waals surface area contributed by atoms with E-state index in [1.54, 1.807) is 17.0 Å². The number of nitrogens with one attached hydrogen (secondary N) is 1. The highest BCUT2D eigenvalue weighted by atomic mass is 35.5. The molecule has 1 N–H and O–H groups in total. The number of amides is 1. The van der Waals surface area contributed by atoms with Gasteiger partial charge in [0.25, 0.3) is 0 Å². The lowest BCUT2D eigenvalue weighted by Gasteiger charge is -2.32. The molecule has 0 aliphatic carbocycles. The first-order valence-electron chi connectivity index (χ1n) is 5.71. The summed E-state index contributed by atoms with van der Waals surface area (Å²) >= 11 is 7.21. The smallest absolute Gasteiger partial charge is 0.339 e. The van der Waals surface area contributed by atoms with E-state index in [2.05, 4.69) is 5.32 Å². The van der Waals surface area contributed by atoms with Gasteiger partial charge < -0.3 is 10.2 Å². The summed E-state index contributed by atoms with van der Waals surface area (Å²) in [5.74, 6) is -0.665. The van der Waals surface area contributed by atoms with Gasteiger partial charge in [0, 0.05) is 11.6 Å². The van der Waals surface area contributed by atoms with Crippen LogP contribution >= 0.6 is 23.4 Å². The van der Waals surface area contributed by atoms with Crippen molar-refractivity contribution in [3.05, 3.63) is 56.9 Å². The summed E-state index contributed by atoms with van der Waals surface area (Å²) in [6.07, 6.45) is 3.11. The van der Waals surface area contributed by atoms with Crippen LogP contribution in [-0.2, 0) is 11.3 Å². The molecular weight excluding hydrogens is 302 g/mol. The van der Waals surface area contributed by atoms with Crippen LogP contribution in [0, 0.1) is 10.1 Å². The molecule has 8 heteroatoms. The summed E-state index contributed by atoms with van der Waals surface area (Å²) in [7, 11) is 0. The lowest BCUT2D eigenvalue weighted by atomic mass is 10.2. The molecule has 0 spiro atoms. The zero-order valence-electron chi connectivity index (χ0n) is 10.6. The SMILES string of the molecule is CSC1NC(=O)C([N+](=O)[O-])=CN1Cc1ccc(Cl)cc1. The molecule has 20 heavy (non-hydrogen) atoms. The quantitative estimate of drug-likeness (QED) is 0.680. The van der Waals surface area contributed by atoms with Gasteiger partial charge in [0.15, 0.2) is 5.50 Å². The van der Waals surface area contributed by atoms with Crippen LogP contribution in [0.15, 0.2) is 36.2 Å². The number of hydrogen-bond donors (Lipinski definition) is 1. The van der Waals surface area contributed by atoms with E-state index in [-0.39, 0.29) is 5.50 Å². The Labute approximate surface area is 124 Å². The number of carbonyl (C=O) groups is 1. The molecule has 1 aromatic rings. The van der Waals surface area contributed by atoms with Crippen molar-refractivity contribution in [2.24, 2.45) is 0 Å². The lowest BCUT2D eigenvalue weighted by molar-refractivity contribution is -0.421. The monoisotopic (exact) mass is 313 g/mol. The number of halogens is 1. The Kier molecular flexibility index (Phi) is 4.51. The summed E-state index contributed by atoms with van der Waals surface area (Å²) in [5.41, 5.74) is 0.162. The first kappa shape index (κ1) is 14.7. The van der Waals surface area contributed by atoms with Crippen molar-refractivity contribution in [2.75, 3.05) is 6.26 Å². The number of nitro groups is 1. The van der Waals surface area contributed by atoms with E-state index >= 15 is 0 Å². The molecule has 1 unspecified atom stereocenters. The summed E-state index contributed by atoms with van der Waals surface area (Å²) in [6, 6.07) is 7.20. The van der Waals surface area contributed by atoms with Crippen LogP contribution in [0.4, 0.5) is 0 Å². The minimum atomic E-state index is -0.680. The number of nitrogens with zero attached hydrogens (tertiary/aromatic N) is 2. The van der Waals surface area contributed by atoms with Gasteiger partial charge in [0.1, 0.15) is 0 Å². The number of carbonyl (C=O) groups excluding carboxylic acids is 1. The van der Waals surface area contributed by atoms with Crippen molar-refractivity contribution in [3.63, 3.8) is 0 Å². The van der Waals surface area contributed by atoms with Gasteiger partial charge in [-0.1, -0.05) is 23.7 Å². The van der Waals surface area contributed by atoms with Crippen LogP contribution in [-0.4, -0.2) is 27.5 Å². The second kappa shape index (κ2) is 6.15. The van der Waals surface area contributed by atoms with Crippen LogP contribution < -0.4 is 5.32 Å². The Morgan fingerprint density at radius 3 is 2.65 bits per heavy atom. The van der Waals surface area contributed by atoms with Gasteiger partial charge in [-0.05, 0) is 24.0 Å². The van der Waals surface area contributed by atoms with Gasteiger partial charge in [0.05, 0.1) is 11.1 Å². The third-order valence-electron chi connectivity index (χ3n) is 2.77. The summed E-state index contributed by atoms with van der Waals surface area (Å²) in [4.78, 5) is 23.4. The van der Waals surface area contributed by atoms with Gasteiger partial charge in [-0.3, -0.25) is 14.9 Å². The van der Waals surface area contributed by atoms with Crippen molar-refractivity contribution in [3.8, 4) is 0 Å². The van der Waals surface area contributed by atoms with Crippen molar-refractivity contribution in [1.29, 1.82) is 0 Å². The molecule has 0 saturated heterocycles. The van der Waals surface area contributed by atoms with Gasteiger partial charge in [0.2, 0.25) is 0 Å². The molecule has 0 saturated carbocycles. The molecule has 1 amide bonds. The minimum Gasteiger partial charge on any atom is -0.339 e. The standard InChI is InChI=1S/C12H12ClN3O3S/c1-20-12-14-11(17)10(16(18)19)7-15(12)6-8-2-4-9(13)5-3-8/h2-5,7,12H,6H2,1H3,(H,14,17). The second-order valence-electron chi connectivity index (χ2n) is 4.13. The summed E-state index contributed by atoms with van der Waals surface area (Å²) < 4.78 is 0. The van der Waals surface area contributed by atoms with Gasteiger partial charge in [-0.25, -0.2) is 0 Å². The highest BCUT2D eigenvalue weighted by molar-refractivity contribution is 7.99. The maximum atomic E-state index is 11.6. The van der Waals surface area contributed by atoms with Crippen LogP contribution in [0.2, 0.25) is 5.02 Å². The Bertz CT molecular complexity index is 562. The molecule has 1 aliphatic rings. The van der Waals surface area contributed by atoms with Crippen molar-refractivity contribution < 1.29 is 9.72 Å². The van der Waals surface area contributed by atoms with Crippen LogP contribution in [0.3, 0.4) is 0 Å². The first-order valence-corrected chi connectivity index (χ1v) is 7.38. The number of hydrogen-bond acceptors (Lipinski definition) is 5. The van der Waals surface area contributed by atoms with Crippen molar-refractivity contribution in [2.45, 2.75) is 12.0 Å². The molecule has 1 heterocycles. The van der Waals surface area contributed by atoms with Crippen LogP contribution in [0.25, 0.3) is 0 Å². The molecule has 0 radical (unpaired) electrons. The fourth-order valence-electron chi connectivity index (χ4n) is 1.81. The fourth-order valence-corrected chi connectivity index (χ4v) is 2.56. The predicted molar refractivity (Wildman–Crippen MR) is 77.5 cm³/mol. The summed E-state index contributed by atoms with van der Waals surface area (Å²) in [6.45, 7) is 0.445. The maximum Gasteiger partial charge on any atom is 0.349 e. The largest absolute Gasteiger partial charge is 0.349 e. The average Bonchev–Trinajstić information content (AvgIpc) is 2.42. The number of benzene rings is 1.